The summed E-state index contributed by atoms with van der Waals surface area (Å²) in [6.45, 7) is 16.7. The van der Waals surface area contributed by atoms with Gasteiger partial charge in [-0.05, 0) is 103 Å². The second kappa shape index (κ2) is 18.7. The van der Waals surface area contributed by atoms with Gasteiger partial charge in [-0.1, -0.05) is 101 Å². The highest BCUT2D eigenvalue weighted by molar-refractivity contribution is 6.90. The van der Waals surface area contributed by atoms with E-state index in [1.54, 1.807) is 38.1 Å². The van der Waals surface area contributed by atoms with Gasteiger partial charge in [-0.3, -0.25) is 0 Å². The van der Waals surface area contributed by atoms with Crippen molar-refractivity contribution in [1.29, 1.82) is 0 Å². The summed E-state index contributed by atoms with van der Waals surface area (Å²) in [5.74, 6) is -1.80. The van der Waals surface area contributed by atoms with Gasteiger partial charge in [-0.2, -0.15) is 0 Å². The van der Waals surface area contributed by atoms with Crippen molar-refractivity contribution in [3.8, 4) is 22.3 Å². The number of benzene rings is 3. The molecule has 0 aliphatic heterocycles. The van der Waals surface area contributed by atoms with Gasteiger partial charge >= 0.3 is 11.9 Å². The molecule has 280 valence electrons. The first-order chi connectivity index (χ1) is 24.8. The van der Waals surface area contributed by atoms with Gasteiger partial charge < -0.3 is 14.6 Å². The molecule has 0 unspecified atom stereocenters. The first-order valence-electron chi connectivity index (χ1n) is 18.8. The molecule has 0 spiro atoms. The molecule has 52 heavy (non-hydrogen) atoms. The molecule has 0 atom stereocenters. The molecule has 1 saturated carbocycles. The number of rotatable bonds is 17. The lowest BCUT2D eigenvalue weighted by Gasteiger charge is -2.29. The normalized spacial score (nSPS) is 16.0. The Morgan fingerprint density at radius 2 is 1.31 bits per heavy atom. The number of carbonyl (C=O) groups excluding carboxylic acids is 2. The summed E-state index contributed by atoms with van der Waals surface area (Å²) in [4.78, 5) is 25.0. The second-order valence-electron chi connectivity index (χ2n) is 15.2. The number of ether oxygens (including phenoxy) is 2. The van der Waals surface area contributed by atoms with E-state index in [4.69, 9.17) is 9.47 Å². The predicted octanol–water partition coefficient (Wildman–Crippen LogP) is 10.7. The Morgan fingerprint density at radius 3 is 1.79 bits per heavy atom. The maximum Gasteiger partial charge on any atom is 0.333 e. The third-order valence-corrected chi connectivity index (χ3v) is 14.1. The lowest BCUT2D eigenvalue weighted by molar-refractivity contribution is -0.140. The van der Waals surface area contributed by atoms with Crippen molar-refractivity contribution in [2.75, 3.05) is 6.61 Å². The van der Waals surface area contributed by atoms with Gasteiger partial charge in [0.05, 0.1) is 8.07 Å². The molecular weight excluding hydrogens is 675 g/mol. The maximum absolute atomic E-state index is 16.2. The number of aliphatic hydroxyl groups is 1. The zero-order valence-corrected chi connectivity index (χ0v) is 32.7. The molecule has 0 aromatic heterocycles. The molecule has 1 aliphatic carbocycles. The van der Waals surface area contributed by atoms with Crippen LogP contribution in [0.25, 0.3) is 22.3 Å². The molecular formula is C44H56F2O5Si. The van der Waals surface area contributed by atoms with Gasteiger partial charge in [-0.15, -0.1) is 0 Å². The van der Waals surface area contributed by atoms with Crippen molar-refractivity contribution in [1.82, 2.24) is 0 Å². The van der Waals surface area contributed by atoms with Gasteiger partial charge in [0.15, 0.2) is 11.6 Å². The quantitative estimate of drug-likeness (QED) is 0.0648. The Hall–Kier alpha value is -3.88. The topological polar surface area (TPSA) is 72.8 Å². The van der Waals surface area contributed by atoms with E-state index in [1.165, 1.54) is 44.1 Å². The van der Waals surface area contributed by atoms with Gasteiger partial charge in [0.1, 0.15) is 13.2 Å². The van der Waals surface area contributed by atoms with Crippen molar-refractivity contribution in [3.63, 3.8) is 0 Å². The van der Waals surface area contributed by atoms with Crippen LogP contribution in [-0.4, -0.2) is 31.7 Å². The molecule has 4 rings (SSSR count). The zero-order valence-electron chi connectivity index (χ0n) is 31.7. The van der Waals surface area contributed by atoms with Crippen LogP contribution < -0.4 is 5.19 Å². The number of esters is 2. The number of carbonyl (C=O) groups is 2. The molecule has 0 radical (unpaired) electrons. The van der Waals surface area contributed by atoms with Gasteiger partial charge in [0.25, 0.3) is 0 Å². The van der Waals surface area contributed by atoms with Crippen molar-refractivity contribution < 1.29 is 33.0 Å². The summed E-state index contributed by atoms with van der Waals surface area (Å²) in [7, 11) is -2.37. The van der Waals surface area contributed by atoms with Crippen molar-refractivity contribution in [2.24, 2.45) is 5.92 Å². The number of aliphatic hydroxyl groups excluding tert-OH is 1. The summed E-state index contributed by atoms with van der Waals surface area (Å²) < 4.78 is 43.4. The van der Waals surface area contributed by atoms with E-state index in [1.807, 2.05) is 12.1 Å². The molecule has 3 aromatic carbocycles. The van der Waals surface area contributed by atoms with Crippen LogP contribution in [0.1, 0.15) is 101 Å². The lowest BCUT2D eigenvalue weighted by atomic mass is 9.77. The van der Waals surface area contributed by atoms with Gasteiger partial charge in [0.2, 0.25) is 0 Å². The Morgan fingerprint density at radius 1 is 0.788 bits per heavy atom. The van der Waals surface area contributed by atoms with E-state index < -0.39 is 31.6 Å². The molecule has 8 heteroatoms. The molecule has 0 amide bonds. The summed E-state index contributed by atoms with van der Waals surface area (Å²) in [6, 6.07) is 15.2. The van der Waals surface area contributed by atoms with E-state index in [-0.39, 0.29) is 42.1 Å². The summed E-state index contributed by atoms with van der Waals surface area (Å²) in [5.41, 5.74) is 4.10. The highest BCUT2D eigenvalue weighted by atomic mass is 28.3. The molecule has 5 nitrogen and oxygen atoms in total. The Labute approximate surface area is 310 Å². The highest BCUT2D eigenvalue weighted by Crippen LogP contribution is 2.39. The van der Waals surface area contributed by atoms with Crippen LogP contribution in [0.2, 0.25) is 19.1 Å². The van der Waals surface area contributed by atoms with E-state index in [9.17, 15) is 14.7 Å². The molecule has 0 heterocycles. The fraction of sp³-hybridized carbons (Fsp3) is 0.455. The fourth-order valence-electron chi connectivity index (χ4n) is 7.60. The van der Waals surface area contributed by atoms with Crippen LogP contribution in [0, 0.1) is 17.6 Å². The lowest BCUT2D eigenvalue weighted by Crippen LogP contribution is -2.46. The van der Waals surface area contributed by atoms with Crippen LogP contribution in [-0.2, 0) is 32.3 Å². The summed E-state index contributed by atoms with van der Waals surface area (Å²) >= 11 is 0. The number of hydrogen-bond donors (Lipinski definition) is 1. The standard InChI is InChI=1S/C44H56F2O5Si/c1-8-9-10-12-31-13-15-32(16-14-31)33-17-19-34(20-18-33)38-21-22-39(41(46)40(38)45)35-25-36(27-50-43(48)29(2)3)42(52(6,7)24-11-23-47)37(26-35)28-51-44(49)30(4)5/h17-22,25-26,31-32,47H,2,4,8-16,23-24,27-28H2,1,3,5-7H3. The van der Waals surface area contributed by atoms with Gasteiger partial charge in [0, 0.05) is 28.9 Å². The number of hydrogen-bond acceptors (Lipinski definition) is 5. The molecule has 0 saturated heterocycles. The highest BCUT2D eigenvalue weighted by Gasteiger charge is 2.31. The van der Waals surface area contributed by atoms with Crippen molar-refractivity contribution >= 4 is 25.2 Å². The monoisotopic (exact) mass is 730 g/mol. The average molecular weight is 731 g/mol. The second-order valence-corrected chi connectivity index (χ2v) is 20.0. The van der Waals surface area contributed by atoms with Crippen LogP contribution in [0.15, 0.2) is 72.8 Å². The number of unbranched alkanes of at least 4 members (excludes halogenated alkanes) is 2. The Bertz CT molecular complexity index is 1690. The average Bonchev–Trinajstić information content (AvgIpc) is 3.13. The summed E-state index contributed by atoms with van der Waals surface area (Å²) in [5, 5.41) is 10.5. The molecule has 1 fully saturated rings. The van der Waals surface area contributed by atoms with Crippen molar-refractivity contribution in [2.45, 2.75) is 117 Å². The molecule has 0 bridgehead atoms. The zero-order chi connectivity index (χ0) is 38.0. The minimum Gasteiger partial charge on any atom is -0.457 e. The van der Waals surface area contributed by atoms with Crippen LogP contribution >= 0.6 is 0 Å². The molecule has 1 aliphatic rings. The van der Waals surface area contributed by atoms with E-state index in [2.05, 4.69) is 45.3 Å². The summed E-state index contributed by atoms with van der Waals surface area (Å²) in [6.07, 6.45) is 10.6. The van der Waals surface area contributed by atoms with Crippen LogP contribution in [0.5, 0.6) is 0 Å². The Balaban J connectivity index is 1.69. The largest absolute Gasteiger partial charge is 0.457 e. The van der Waals surface area contributed by atoms with Crippen molar-refractivity contribution in [3.05, 3.63) is 101 Å². The SMILES string of the molecule is C=C(C)C(=O)OCc1cc(-c2ccc(-c3ccc(C4CCC(CCCCC)CC4)cc3)c(F)c2F)cc(COC(=O)C(=C)C)c1[Si](C)(C)CCCO. The minimum absolute atomic E-state index is 0.00816. The van der Waals surface area contributed by atoms with E-state index in [0.717, 1.165) is 23.9 Å². The number of halogens is 2. The Kier molecular flexibility index (Phi) is 14.7. The van der Waals surface area contributed by atoms with E-state index >= 15 is 8.78 Å². The third kappa shape index (κ3) is 10.4. The van der Waals surface area contributed by atoms with Crippen LogP contribution in [0.3, 0.4) is 0 Å². The molecule has 3 aromatic rings. The van der Waals surface area contributed by atoms with Crippen LogP contribution in [0.4, 0.5) is 8.78 Å². The molecule has 1 N–H and O–H groups in total. The fourth-order valence-corrected chi connectivity index (χ4v) is 10.9. The smallest absolute Gasteiger partial charge is 0.333 e. The first-order valence-corrected chi connectivity index (χ1v) is 22.0. The maximum atomic E-state index is 16.2. The predicted molar refractivity (Wildman–Crippen MR) is 209 cm³/mol. The third-order valence-electron chi connectivity index (χ3n) is 10.5. The van der Waals surface area contributed by atoms with E-state index in [0.29, 0.717) is 40.6 Å². The minimum atomic E-state index is -2.37. The first kappa shape index (κ1) is 40.9. The van der Waals surface area contributed by atoms with Gasteiger partial charge in [-0.25, -0.2) is 18.4 Å².